The van der Waals surface area contributed by atoms with Gasteiger partial charge in [0.25, 0.3) is 0 Å². The molecule has 0 aliphatic heterocycles. The van der Waals surface area contributed by atoms with Crippen LogP contribution >= 0.6 is 0 Å². The Labute approximate surface area is 399 Å². The number of fused-ring (bicyclic) bond motifs is 3. The van der Waals surface area contributed by atoms with E-state index in [4.69, 9.17) is 0 Å². The molecule has 9 rings (SSSR count). The van der Waals surface area contributed by atoms with Crippen LogP contribution in [0.15, 0.2) is 150 Å². The van der Waals surface area contributed by atoms with E-state index in [1.807, 2.05) is 0 Å². The first-order valence-electron chi connectivity index (χ1n) is 25.6. The number of aryl methyl sites for hydroxylation is 1. The fourth-order valence-electron chi connectivity index (χ4n) is 11.7. The van der Waals surface area contributed by atoms with Crippen molar-refractivity contribution in [3.63, 3.8) is 0 Å². The zero-order valence-electron chi connectivity index (χ0n) is 41.6. The molecular formula is C64H73BN. The lowest BCUT2D eigenvalue weighted by molar-refractivity contribution is 0.369. The van der Waals surface area contributed by atoms with Gasteiger partial charge in [-0.25, -0.2) is 0 Å². The first-order chi connectivity index (χ1) is 31.9. The molecule has 4 aromatic rings. The third-order valence-corrected chi connectivity index (χ3v) is 16.1. The highest BCUT2D eigenvalue weighted by Gasteiger charge is 2.39. The summed E-state index contributed by atoms with van der Waals surface area (Å²) in [5, 5.41) is 4.08. The molecule has 0 spiro atoms. The van der Waals surface area contributed by atoms with Crippen molar-refractivity contribution in [2.75, 3.05) is 5.32 Å². The van der Waals surface area contributed by atoms with Crippen molar-refractivity contribution in [3.05, 3.63) is 194 Å². The Bertz CT molecular complexity index is 2740. The van der Waals surface area contributed by atoms with Crippen LogP contribution in [0.3, 0.4) is 0 Å². The lowest BCUT2D eigenvalue weighted by Gasteiger charge is -2.30. The molecule has 2 atom stereocenters. The fourth-order valence-corrected chi connectivity index (χ4v) is 11.7. The van der Waals surface area contributed by atoms with Gasteiger partial charge in [-0.15, -0.1) is 5.47 Å². The maximum Gasteiger partial charge on any atom is 0.187 e. The summed E-state index contributed by atoms with van der Waals surface area (Å²) < 4.78 is 0. The van der Waals surface area contributed by atoms with Crippen molar-refractivity contribution in [1.82, 2.24) is 0 Å². The normalized spacial score (nSPS) is 21.0. The average molecular weight is 867 g/mol. The van der Waals surface area contributed by atoms with Gasteiger partial charge in [-0.05, 0) is 182 Å². The molecule has 337 valence electrons. The highest BCUT2D eigenvalue weighted by molar-refractivity contribution is 6.63. The quantitative estimate of drug-likeness (QED) is 0.0802. The standard InChI is InChI=1S/C64H73BN/c1-10-11-12-13-16-28-52-43(4)37-57(61(40-56(52)48-25-21-26-48)66-50-34-31-41(2)32-35-50)59-39-58-54-29-18-19-30-60(54)64(8,9)62(58)45(6)63(59)65-46(7)44(5)55-38-49(33-36-53(55)47-23-20-24-47)51-27-17-14-15-22-42(51)3/h11-13,15-16,18-19,22,27,29-40,42-43,47-48,66H,10,14,17,20-21,23-26,28H2,1-9H3/b12-11-,16-13-,46-44+. The van der Waals surface area contributed by atoms with Crippen LogP contribution in [0.2, 0.25) is 0 Å². The molecule has 66 heavy (non-hydrogen) atoms. The van der Waals surface area contributed by atoms with Crippen molar-refractivity contribution < 1.29 is 0 Å². The van der Waals surface area contributed by atoms with E-state index in [9.17, 15) is 0 Å². The van der Waals surface area contributed by atoms with E-state index in [2.05, 4.69) is 202 Å². The van der Waals surface area contributed by atoms with Crippen molar-refractivity contribution in [2.45, 2.75) is 138 Å². The first kappa shape index (κ1) is 45.8. The summed E-state index contributed by atoms with van der Waals surface area (Å²) in [4.78, 5) is 0. The largest absolute Gasteiger partial charge is 0.355 e. The number of allylic oxidation sites excluding steroid dienone is 15. The van der Waals surface area contributed by atoms with Gasteiger partial charge in [-0.2, -0.15) is 0 Å². The van der Waals surface area contributed by atoms with Crippen LogP contribution in [0.4, 0.5) is 5.69 Å². The molecule has 1 radical (unpaired) electrons. The molecule has 5 aliphatic rings. The van der Waals surface area contributed by atoms with E-state index >= 15 is 0 Å². The highest BCUT2D eigenvalue weighted by atomic mass is 14.9. The zero-order valence-corrected chi connectivity index (χ0v) is 41.6. The van der Waals surface area contributed by atoms with E-state index in [0.29, 0.717) is 17.8 Å². The molecule has 0 saturated heterocycles. The first-order valence-corrected chi connectivity index (χ1v) is 25.6. The molecule has 0 heterocycles. The van der Waals surface area contributed by atoms with Gasteiger partial charge in [0.1, 0.15) is 0 Å². The number of hydrogen-bond acceptors (Lipinski definition) is 1. The number of benzene rings is 4. The minimum Gasteiger partial charge on any atom is -0.355 e. The lowest BCUT2D eigenvalue weighted by atomic mass is 9.56. The van der Waals surface area contributed by atoms with Crippen molar-refractivity contribution >= 4 is 35.1 Å². The predicted molar refractivity (Wildman–Crippen MR) is 289 cm³/mol. The molecule has 2 heteroatoms. The second-order valence-electron chi connectivity index (χ2n) is 20.9. The van der Waals surface area contributed by atoms with E-state index < -0.39 is 0 Å². The number of nitrogens with one attached hydrogen (secondary N) is 1. The number of rotatable bonds is 13. The van der Waals surface area contributed by atoms with Crippen LogP contribution in [0.5, 0.6) is 0 Å². The third kappa shape index (κ3) is 8.95. The lowest BCUT2D eigenvalue weighted by Crippen LogP contribution is -2.29. The monoisotopic (exact) mass is 867 g/mol. The van der Waals surface area contributed by atoms with Crippen LogP contribution in [0.25, 0.3) is 27.8 Å². The smallest absolute Gasteiger partial charge is 0.187 e. The van der Waals surface area contributed by atoms with Crippen LogP contribution in [-0.4, -0.2) is 7.28 Å². The van der Waals surface area contributed by atoms with E-state index in [0.717, 1.165) is 31.4 Å². The molecule has 0 amide bonds. The van der Waals surface area contributed by atoms with Gasteiger partial charge < -0.3 is 5.32 Å². The Kier molecular flexibility index (Phi) is 13.5. The van der Waals surface area contributed by atoms with Crippen LogP contribution in [0, 0.1) is 31.6 Å². The fraction of sp³-hybridized carbons (Fsp3) is 0.375. The average Bonchev–Trinajstić information content (AvgIpc) is 3.39. The maximum absolute atomic E-state index is 4.08. The number of anilines is 1. The Morgan fingerprint density at radius 3 is 2.27 bits per heavy atom. The minimum atomic E-state index is -0.123. The molecule has 1 nitrogen and oxygen atoms in total. The Hall–Kier alpha value is -5.34. The highest BCUT2D eigenvalue weighted by Crippen LogP contribution is 2.52. The van der Waals surface area contributed by atoms with Crippen molar-refractivity contribution in [3.8, 4) is 11.1 Å². The molecule has 2 fully saturated rings. The van der Waals surface area contributed by atoms with Crippen LogP contribution in [-0.2, 0) is 5.41 Å². The summed E-state index contributed by atoms with van der Waals surface area (Å²) in [5.74, 6) is 1.90. The molecule has 5 aliphatic carbocycles. The van der Waals surface area contributed by atoms with Gasteiger partial charge in [0, 0.05) is 22.4 Å². The molecule has 4 aromatic carbocycles. The summed E-state index contributed by atoms with van der Waals surface area (Å²) >= 11 is 0. The van der Waals surface area contributed by atoms with E-state index in [1.54, 1.807) is 5.57 Å². The van der Waals surface area contributed by atoms with Crippen LogP contribution < -0.4 is 10.8 Å². The van der Waals surface area contributed by atoms with E-state index in [1.165, 1.54) is 133 Å². The SMILES string of the molecule is CC/C=C\C=C/CC1=C(C2CCC2)C=C(Nc2ccc(C)cc2)C(c2cc3c(c(C)c2[B]/C(C)=C(\C)c2cc(C4=CCCC=CC4C)ccc2C2CCC2)C(C)(C)c2ccccc2-3)=CC1C. The Morgan fingerprint density at radius 1 is 0.803 bits per heavy atom. The van der Waals surface area contributed by atoms with Crippen molar-refractivity contribution in [2.24, 2.45) is 17.8 Å². The number of hydrogen-bond donors (Lipinski definition) is 1. The topological polar surface area (TPSA) is 12.0 Å². The molecule has 2 unspecified atom stereocenters. The molecule has 0 aromatic heterocycles. The summed E-state index contributed by atoms with van der Waals surface area (Å²) in [7, 11) is 2.58. The van der Waals surface area contributed by atoms with Gasteiger partial charge >= 0.3 is 0 Å². The molecule has 2 saturated carbocycles. The van der Waals surface area contributed by atoms with E-state index in [-0.39, 0.29) is 11.3 Å². The van der Waals surface area contributed by atoms with Crippen LogP contribution in [0.1, 0.15) is 163 Å². The minimum absolute atomic E-state index is 0.123. The Morgan fingerprint density at radius 2 is 1.55 bits per heavy atom. The van der Waals surface area contributed by atoms with Gasteiger partial charge in [-0.1, -0.05) is 179 Å². The Balaban J connectivity index is 1.24. The van der Waals surface area contributed by atoms with Crippen molar-refractivity contribution in [1.29, 1.82) is 0 Å². The summed E-state index contributed by atoms with van der Waals surface area (Å²) in [6, 6.07) is 28.2. The van der Waals surface area contributed by atoms with Gasteiger partial charge in [0.05, 0.1) is 0 Å². The maximum atomic E-state index is 4.08. The second kappa shape index (κ2) is 19.5. The summed E-state index contributed by atoms with van der Waals surface area (Å²) in [5.41, 5.74) is 26.1. The molecule has 1 N–H and O–H groups in total. The second-order valence-corrected chi connectivity index (χ2v) is 20.9. The van der Waals surface area contributed by atoms with Gasteiger partial charge in [-0.3, -0.25) is 0 Å². The zero-order chi connectivity index (χ0) is 46.1. The van der Waals surface area contributed by atoms with Gasteiger partial charge in [0.15, 0.2) is 7.28 Å². The summed E-state index contributed by atoms with van der Waals surface area (Å²) in [6.07, 6.45) is 33.6. The van der Waals surface area contributed by atoms with Gasteiger partial charge in [0.2, 0.25) is 0 Å². The molecular weight excluding hydrogens is 794 g/mol. The third-order valence-electron chi connectivity index (χ3n) is 16.1. The molecule has 0 bridgehead atoms. The summed E-state index contributed by atoms with van der Waals surface area (Å²) in [6.45, 7) is 21.3. The predicted octanol–water partition coefficient (Wildman–Crippen LogP) is 17.1.